The number of aliphatic hydroxyl groups is 3. The lowest BCUT2D eigenvalue weighted by Crippen LogP contribution is -2.49. The van der Waals surface area contributed by atoms with E-state index in [9.17, 15) is 63.3 Å². The average molecular weight is 1440 g/mol. The number of carbonyl (C=O) groups is 10. The normalized spacial score (nSPS) is 32.1. The number of nitrogens with one attached hydrogen (secondary N) is 2. The molecule has 2 aliphatic heterocycles. The molecule has 4 spiro atoms. The van der Waals surface area contributed by atoms with Gasteiger partial charge in [-0.15, -0.1) is 6.58 Å². The van der Waals surface area contributed by atoms with Crippen LogP contribution in [0.25, 0.3) is 0 Å². The molecule has 2 saturated heterocycles. The van der Waals surface area contributed by atoms with Gasteiger partial charge in [-0.05, 0) is 201 Å². The Hall–Kier alpha value is -3.88. The summed E-state index contributed by atoms with van der Waals surface area (Å²) in [5.74, 6) is -0.226. The highest BCUT2D eigenvalue weighted by molar-refractivity contribution is 9.09. The standard InChI is InChI=1S/C13H21BrO3.C12H18O4.C12H18O3.C11H18O2.C11H16O2.2C10H19NO/c1-2-17-12(16)13(9-5-6-10-14)8-4-3-7-11(13)15;1-2-16-11(15)12(8-5-9-13)7-4-3-6-10(12)14;1-3-8-12(11(14)15-4-2)9-6-5-7-10(12)13;2*12-9-5-1-3-7-11(9)8-4-2-6-10(11)13;2*12-9-4-1-2-5-10(9)6-3-7-11-8-10/h2-10H2,1H3;9H,2-8H2,1H3;3H,1,4-9H2,2H3;9,12H,1-8H2;1-8H2;2*9,11-12H,1-8H2/t13-;2*12-;9?,11-;;9-,10+;9-,10-/m0010.01/s1. The summed E-state index contributed by atoms with van der Waals surface area (Å²) in [4.78, 5) is 117. The number of allylic oxidation sites excluding steroid dienone is 1. The van der Waals surface area contributed by atoms with Crippen molar-refractivity contribution in [3.63, 3.8) is 0 Å². The Kier molecular flexibility index (Phi) is 37.4. The van der Waals surface area contributed by atoms with E-state index in [0.717, 1.165) is 185 Å². The molecular formula is C79H129BrN2O16. The molecule has 1 unspecified atom stereocenters. The van der Waals surface area contributed by atoms with Crippen molar-refractivity contribution < 1.29 is 77.5 Å². The van der Waals surface area contributed by atoms with E-state index in [1.54, 1.807) is 26.8 Å². The molecule has 11 fully saturated rings. The van der Waals surface area contributed by atoms with Crippen molar-refractivity contribution >= 4 is 74.8 Å². The highest BCUT2D eigenvalue weighted by Gasteiger charge is 2.51. The number of aliphatic hydroxyl groups excluding tert-OH is 3. The Morgan fingerprint density at radius 1 is 0.449 bits per heavy atom. The van der Waals surface area contributed by atoms with Gasteiger partial charge in [0.05, 0.1) is 49.0 Å². The number of ketones is 6. The zero-order valence-corrected chi connectivity index (χ0v) is 62.4. The predicted molar refractivity (Wildman–Crippen MR) is 383 cm³/mol. The summed E-state index contributed by atoms with van der Waals surface area (Å²) < 4.78 is 15.1. The van der Waals surface area contributed by atoms with Crippen molar-refractivity contribution in [2.45, 2.75) is 334 Å². The Balaban J connectivity index is 0.000000207. The maximum Gasteiger partial charge on any atom is 0.319 e. The van der Waals surface area contributed by atoms with E-state index in [-0.39, 0.29) is 88.4 Å². The van der Waals surface area contributed by atoms with Crippen molar-refractivity contribution in [1.82, 2.24) is 10.6 Å². The SMILES string of the molecule is C=CC[C@@]1(C(=O)OCC)CCCCC1=O.CCOC(=O)[C@]1(CCC=O)CCCCC1=O.CCOC(=O)[C@]1(CCCCBr)CCCCC1=O.O=C1CCCCC12CCCCC2=O.O=C1CCCC[C@]12CCCCC2O.O[C@@H]1CCCC[C@]12CCCNC2.O[C@H]1CCCC[C@]12CCCNC2. The van der Waals surface area contributed by atoms with Crippen LogP contribution in [-0.2, 0) is 62.2 Å². The van der Waals surface area contributed by atoms with E-state index >= 15 is 0 Å². The Morgan fingerprint density at radius 3 is 1.17 bits per heavy atom. The van der Waals surface area contributed by atoms with Gasteiger partial charge >= 0.3 is 17.9 Å². The van der Waals surface area contributed by atoms with Crippen LogP contribution in [0.5, 0.6) is 0 Å². The van der Waals surface area contributed by atoms with Crippen LogP contribution in [0.15, 0.2) is 12.7 Å². The minimum Gasteiger partial charge on any atom is -0.465 e. The first kappa shape index (κ1) is 84.8. The lowest BCUT2D eigenvalue weighted by atomic mass is 9.63. The van der Waals surface area contributed by atoms with Crippen LogP contribution in [0.3, 0.4) is 0 Å². The Bertz CT molecular complexity index is 2460. The van der Waals surface area contributed by atoms with Crippen LogP contribution >= 0.6 is 15.9 Å². The molecule has 11 aliphatic rings. The number of rotatable bonds is 15. The van der Waals surface area contributed by atoms with Gasteiger partial charge in [0, 0.05) is 74.2 Å². The molecule has 558 valence electrons. The molecule has 2 heterocycles. The highest BCUT2D eigenvalue weighted by Crippen LogP contribution is 2.48. The number of hydrogen-bond donors (Lipinski definition) is 5. The highest BCUT2D eigenvalue weighted by atomic mass is 79.9. The molecule has 9 aliphatic carbocycles. The molecule has 9 atom stereocenters. The number of aldehydes is 1. The third-order valence-corrected chi connectivity index (χ3v) is 24.7. The van der Waals surface area contributed by atoms with E-state index in [1.807, 2.05) is 0 Å². The molecular weight excluding hydrogens is 1310 g/mol. The first-order chi connectivity index (χ1) is 47.2. The number of ether oxygens (including phenoxy) is 3. The first-order valence-electron chi connectivity index (χ1n) is 39.0. The number of unbranched alkanes of at least 4 members (excludes halogenated alkanes) is 1. The van der Waals surface area contributed by atoms with Gasteiger partial charge in [0.15, 0.2) is 0 Å². The summed E-state index contributed by atoms with van der Waals surface area (Å²) in [7, 11) is 0. The molecule has 0 radical (unpaired) electrons. The largest absolute Gasteiger partial charge is 0.465 e. The minimum atomic E-state index is -1.03. The zero-order chi connectivity index (χ0) is 71.6. The number of hydrogen-bond acceptors (Lipinski definition) is 18. The van der Waals surface area contributed by atoms with Crippen molar-refractivity contribution in [2.24, 2.45) is 37.9 Å². The van der Waals surface area contributed by atoms with Gasteiger partial charge in [-0.2, -0.15) is 0 Å². The number of piperidine rings is 2. The molecule has 19 heteroatoms. The monoisotopic (exact) mass is 1440 g/mol. The fourth-order valence-corrected chi connectivity index (χ4v) is 18.5. The van der Waals surface area contributed by atoms with Gasteiger partial charge in [0.1, 0.15) is 57.2 Å². The molecule has 9 saturated carbocycles. The summed E-state index contributed by atoms with van der Waals surface area (Å²) in [5.41, 5.74) is -3.07. The lowest BCUT2D eigenvalue weighted by Gasteiger charge is -2.44. The second-order valence-electron chi connectivity index (χ2n) is 30.3. The summed E-state index contributed by atoms with van der Waals surface area (Å²) >= 11 is 3.37. The van der Waals surface area contributed by atoms with E-state index in [2.05, 4.69) is 33.1 Å². The lowest BCUT2D eigenvalue weighted by molar-refractivity contribution is -0.164. The molecule has 98 heavy (non-hydrogen) atoms. The van der Waals surface area contributed by atoms with Crippen LogP contribution in [0.1, 0.15) is 316 Å². The van der Waals surface area contributed by atoms with Crippen molar-refractivity contribution in [3.8, 4) is 0 Å². The fourth-order valence-electron chi connectivity index (χ4n) is 18.1. The van der Waals surface area contributed by atoms with Crippen LogP contribution in [-0.4, -0.2) is 144 Å². The van der Waals surface area contributed by atoms with Crippen molar-refractivity contribution in [3.05, 3.63) is 12.7 Å². The molecule has 11 rings (SSSR count). The maximum absolute atomic E-state index is 12.1. The fraction of sp³-hybridized carbons (Fsp3) is 0.848. The zero-order valence-electron chi connectivity index (χ0n) is 60.8. The molecule has 0 aromatic heterocycles. The van der Waals surface area contributed by atoms with Gasteiger partial charge in [-0.25, -0.2) is 0 Å². The number of Topliss-reactive ketones (excluding diaryl/α,β-unsaturated/α-hetero) is 6. The minimum absolute atomic E-state index is 0.0205. The molecule has 5 N–H and O–H groups in total. The second-order valence-corrected chi connectivity index (χ2v) is 31.1. The second kappa shape index (κ2) is 43.3. The summed E-state index contributed by atoms with van der Waals surface area (Å²) in [6.45, 7) is 14.2. The summed E-state index contributed by atoms with van der Waals surface area (Å²) in [6, 6.07) is 0. The van der Waals surface area contributed by atoms with Crippen LogP contribution < -0.4 is 10.6 Å². The van der Waals surface area contributed by atoms with Crippen LogP contribution in [0.2, 0.25) is 0 Å². The van der Waals surface area contributed by atoms with Crippen LogP contribution in [0.4, 0.5) is 0 Å². The third kappa shape index (κ3) is 22.6. The van der Waals surface area contributed by atoms with Crippen molar-refractivity contribution in [2.75, 3.05) is 51.3 Å². The number of halogens is 1. The molecule has 0 aromatic carbocycles. The molecule has 0 bridgehead atoms. The molecule has 18 nitrogen and oxygen atoms in total. The first-order valence-corrected chi connectivity index (χ1v) is 40.1. The number of alkyl halides is 1. The van der Waals surface area contributed by atoms with Crippen LogP contribution in [0, 0.1) is 37.9 Å². The summed E-state index contributed by atoms with van der Waals surface area (Å²) in [5, 5.41) is 37.6. The van der Waals surface area contributed by atoms with Gasteiger partial charge in [0.2, 0.25) is 0 Å². The Morgan fingerprint density at radius 2 is 0.806 bits per heavy atom. The maximum atomic E-state index is 12.1. The van der Waals surface area contributed by atoms with E-state index < -0.39 is 27.6 Å². The van der Waals surface area contributed by atoms with Gasteiger partial charge in [-0.1, -0.05) is 105 Å². The summed E-state index contributed by atoms with van der Waals surface area (Å²) in [6.07, 6.45) is 43.6. The van der Waals surface area contributed by atoms with E-state index in [0.29, 0.717) is 96.0 Å². The Labute approximate surface area is 596 Å². The smallest absolute Gasteiger partial charge is 0.319 e. The van der Waals surface area contributed by atoms with Gasteiger partial charge in [-0.3, -0.25) is 43.2 Å². The van der Waals surface area contributed by atoms with Gasteiger partial charge < -0.3 is 45.0 Å². The predicted octanol–water partition coefficient (Wildman–Crippen LogP) is 14.0. The topological polar surface area (TPSA) is 283 Å². The molecule has 0 aromatic rings. The van der Waals surface area contributed by atoms with E-state index in [1.165, 1.54) is 64.2 Å². The third-order valence-electron chi connectivity index (χ3n) is 24.2. The number of esters is 3. The molecule has 0 amide bonds. The van der Waals surface area contributed by atoms with E-state index in [4.69, 9.17) is 14.2 Å². The van der Waals surface area contributed by atoms with Crippen molar-refractivity contribution in [1.29, 1.82) is 0 Å². The number of carbonyl (C=O) groups excluding carboxylic acids is 10. The quantitative estimate of drug-likeness (QED) is 0.0194. The van der Waals surface area contributed by atoms with Gasteiger partial charge in [0.25, 0.3) is 0 Å². The average Bonchev–Trinajstić information content (AvgIpc) is 0.812.